The Hall–Kier alpha value is -1.49. The van der Waals surface area contributed by atoms with Crippen molar-refractivity contribution in [2.45, 2.75) is 12.3 Å². The van der Waals surface area contributed by atoms with Crippen molar-refractivity contribution in [1.29, 1.82) is 0 Å². The third-order valence-corrected chi connectivity index (χ3v) is 5.15. The summed E-state index contributed by atoms with van der Waals surface area (Å²) in [4.78, 5) is 13.2. The number of hydrogen-bond acceptors (Lipinski definition) is 2. The number of aromatic carboxylic acids is 1. The largest absolute Gasteiger partial charge is 0.478 e. The number of benzene rings is 2. The maximum Gasteiger partial charge on any atom is 0.338 e. The van der Waals surface area contributed by atoms with Gasteiger partial charge in [0.05, 0.1) is 15.6 Å². The van der Waals surface area contributed by atoms with E-state index < -0.39 is 17.3 Å². The molecule has 1 fully saturated rings. The summed E-state index contributed by atoms with van der Waals surface area (Å²) in [7, 11) is 0. The van der Waals surface area contributed by atoms with Crippen molar-refractivity contribution in [2.75, 3.05) is 18.0 Å². The van der Waals surface area contributed by atoms with E-state index in [-0.39, 0.29) is 10.9 Å². The van der Waals surface area contributed by atoms with Crippen LogP contribution in [0.15, 0.2) is 30.3 Å². The Kier molecular flexibility index (Phi) is 4.90. The second kappa shape index (κ2) is 6.79. The lowest BCUT2D eigenvalue weighted by Crippen LogP contribution is -2.19. The molecule has 1 aliphatic heterocycles. The summed E-state index contributed by atoms with van der Waals surface area (Å²) >= 11 is 17.9. The van der Waals surface area contributed by atoms with Crippen LogP contribution >= 0.6 is 34.8 Å². The Labute approximate surface area is 153 Å². The van der Waals surface area contributed by atoms with Crippen LogP contribution in [0.4, 0.5) is 10.1 Å². The Morgan fingerprint density at radius 2 is 1.92 bits per heavy atom. The van der Waals surface area contributed by atoms with E-state index in [0.29, 0.717) is 35.1 Å². The van der Waals surface area contributed by atoms with Crippen LogP contribution in [0, 0.1) is 5.82 Å². The fraction of sp³-hybridized carbons (Fsp3) is 0.235. The Morgan fingerprint density at radius 3 is 2.58 bits per heavy atom. The fourth-order valence-corrected chi connectivity index (χ4v) is 3.51. The predicted octanol–water partition coefficient (Wildman–Crippen LogP) is 5.48. The van der Waals surface area contributed by atoms with E-state index in [2.05, 4.69) is 4.90 Å². The first-order valence-corrected chi connectivity index (χ1v) is 8.42. The van der Waals surface area contributed by atoms with Gasteiger partial charge in [-0.25, -0.2) is 9.18 Å². The van der Waals surface area contributed by atoms with Crippen molar-refractivity contribution in [3.05, 3.63) is 62.3 Å². The van der Waals surface area contributed by atoms with Gasteiger partial charge in [-0.05, 0) is 42.3 Å². The van der Waals surface area contributed by atoms with E-state index in [0.717, 1.165) is 11.8 Å². The first-order valence-electron chi connectivity index (χ1n) is 7.29. The molecule has 0 bridgehead atoms. The molecule has 0 amide bonds. The van der Waals surface area contributed by atoms with Gasteiger partial charge in [-0.3, -0.25) is 0 Å². The van der Waals surface area contributed by atoms with E-state index in [1.165, 1.54) is 6.07 Å². The fourth-order valence-electron chi connectivity index (χ4n) is 2.99. The Morgan fingerprint density at radius 1 is 1.17 bits per heavy atom. The Bertz CT molecular complexity index is 813. The third kappa shape index (κ3) is 3.32. The van der Waals surface area contributed by atoms with Crippen molar-refractivity contribution in [1.82, 2.24) is 0 Å². The SMILES string of the molecule is O=C(O)c1cc(Cl)cc(C2CCN(c3ccc(Cl)c(Cl)c3)C2)c1F. The summed E-state index contributed by atoms with van der Waals surface area (Å²) in [5.41, 5.74) is 0.834. The molecular formula is C17H13Cl3FNO2. The minimum Gasteiger partial charge on any atom is -0.478 e. The molecule has 3 rings (SSSR count). The highest BCUT2D eigenvalue weighted by Gasteiger charge is 2.29. The second-order valence-corrected chi connectivity index (χ2v) is 6.94. The number of carbonyl (C=O) groups is 1. The van der Waals surface area contributed by atoms with Gasteiger partial charge in [-0.2, -0.15) is 0 Å². The van der Waals surface area contributed by atoms with Gasteiger partial charge in [0.25, 0.3) is 0 Å². The lowest BCUT2D eigenvalue weighted by molar-refractivity contribution is 0.0691. The van der Waals surface area contributed by atoms with Crippen LogP contribution in [-0.4, -0.2) is 24.2 Å². The minimum atomic E-state index is -1.32. The first kappa shape index (κ1) is 17.3. The van der Waals surface area contributed by atoms with Crippen LogP contribution in [-0.2, 0) is 0 Å². The topological polar surface area (TPSA) is 40.5 Å². The van der Waals surface area contributed by atoms with Crippen LogP contribution in [0.25, 0.3) is 0 Å². The number of nitrogens with zero attached hydrogens (tertiary/aromatic N) is 1. The number of hydrogen-bond donors (Lipinski definition) is 1. The number of anilines is 1. The summed E-state index contributed by atoms with van der Waals surface area (Å²) < 4.78 is 14.5. The monoisotopic (exact) mass is 387 g/mol. The lowest BCUT2D eigenvalue weighted by atomic mass is 9.95. The molecule has 7 heteroatoms. The Balaban J connectivity index is 1.88. The van der Waals surface area contributed by atoms with Crippen molar-refractivity contribution in [2.24, 2.45) is 0 Å². The van der Waals surface area contributed by atoms with Crippen LogP contribution < -0.4 is 4.90 Å². The average Bonchev–Trinajstić information content (AvgIpc) is 3.01. The second-order valence-electron chi connectivity index (χ2n) is 5.69. The summed E-state index contributed by atoms with van der Waals surface area (Å²) in [5.74, 6) is -2.18. The van der Waals surface area contributed by atoms with Crippen LogP contribution in [0.5, 0.6) is 0 Å². The van der Waals surface area contributed by atoms with Crippen molar-refractivity contribution in [3.63, 3.8) is 0 Å². The van der Waals surface area contributed by atoms with Gasteiger partial charge in [0.2, 0.25) is 0 Å². The molecule has 1 N–H and O–H groups in total. The van der Waals surface area contributed by atoms with Gasteiger partial charge >= 0.3 is 5.97 Å². The molecular weight excluding hydrogens is 376 g/mol. The molecule has 1 unspecified atom stereocenters. The normalized spacial score (nSPS) is 17.3. The van der Waals surface area contributed by atoms with Gasteiger partial charge in [0.1, 0.15) is 5.82 Å². The zero-order valence-electron chi connectivity index (χ0n) is 12.4. The average molecular weight is 389 g/mol. The smallest absolute Gasteiger partial charge is 0.338 e. The standard InChI is InChI=1S/C17H13Cl3FNO2/c18-10-5-12(16(21)13(6-10)17(23)24)9-3-4-22(8-9)11-1-2-14(19)15(20)7-11/h1-2,5-7,9H,3-4,8H2,(H,23,24). The van der Waals surface area contributed by atoms with E-state index in [4.69, 9.17) is 39.9 Å². The van der Waals surface area contributed by atoms with Crippen molar-refractivity contribution < 1.29 is 14.3 Å². The zero-order chi connectivity index (χ0) is 17.4. The number of halogens is 4. The molecule has 0 saturated carbocycles. The number of carboxylic acid groups (broad SMARTS) is 1. The molecule has 2 aromatic rings. The molecule has 1 atom stereocenters. The molecule has 0 aromatic heterocycles. The van der Waals surface area contributed by atoms with Crippen LogP contribution in [0.2, 0.25) is 15.1 Å². The third-order valence-electron chi connectivity index (χ3n) is 4.19. The van der Waals surface area contributed by atoms with E-state index in [1.54, 1.807) is 12.1 Å². The van der Waals surface area contributed by atoms with E-state index >= 15 is 0 Å². The summed E-state index contributed by atoms with van der Waals surface area (Å²) in [6.45, 7) is 1.26. The van der Waals surface area contributed by atoms with Crippen molar-refractivity contribution in [3.8, 4) is 0 Å². The molecule has 0 aliphatic carbocycles. The molecule has 2 aromatic carbocycles. The first-order chi connectivity index (χ1) is 11.4. The summed E-state index contributed by atoms with van der Waals surface area (Å²) in [6.07, 6.45) is 0.691. The van der Waals surface area contributed by atoms with Crippen molar-refractivity contribution >= 4 is 46.5 Å². The summed E-state index contributed by atoms with van der Waals surface area (Å²) in [5, 5.41) is 10.3. The highest BCUT2D eigenvalue weighted by atomic mass is 35.5. The summed E-state index contributed by atoms with van der Waals surface area (Å²) in [6, 6.07) is 7.98. The van der Waals surface area contributed by atoms with E-state index in [9.17, 15) is 9.18 Å². The molecule has 126 valence electrons. The van der Waals surface area contributed by atoms with Gasteiger partial charge in [0, 0.05) is 29.7 Å². The van der Waals surface area contributed by atoms with Crippen LogP contribution in [0.1, 0.15) is 28.3 Å². The highest BCUT2D eigenvalue weighted by Crippen LogP contribution is 2.36. The maximum atomic E-state index is 14.5. The minimum absolute atomic E-state index is 0.142. The maximum absolute atomic E-state index is 14.5. The molecule has 0 radical (unpaired) electrons. The quantitative estimate of drug-likeness (QED) is 0.757. The van der Waals surface area contributed by atoms with Gasteiger partial charge in [-0.15, -0.1) is 0 Å². The molecule has 3 nitrogen and oxygen atoms in total. The zero-order valence-corrected chi connectivity index (χ0v) is 14.7. The molecule has 1 saturated heterocycles. The van der Waals surface area contributed by atoms with E-state index in [1.807, 2.05) is 6.07 Å². The van der Waals surface area contributed by atoms with Crippen LogP contribution in [0.3, 0.4) is 0 Å². The molecule has 1 heterocycles. The molecule has 1 aliphatic rings. The van der Waals surface area contributed by atoms with Gasteiger partial charge in [-0.1, -0.05) is 34.8 Å². The number of carboxylic acids is 1. The highest BCUT2D eigenvalue weighted by molar-refractivity contribution is 6.42. The predicted molar refractivity (Wildman–Crippen MR) is 94.4 cm³/mol. The van der Waals surface area contributed by atoms with Gasteiger partial charge < -0.3 is 10.0 Å². The molecule has 24 heavy (non-hydrogen) atoms. The van der Waals surface area contributed by atoms with Gasteiger partial charge in [0.15, 0.2) is 0 Å². The lowest BCUT2D eigenvalue weighted by Gasteiger charge is -2.20. The molecule has 0 spiro atoms. The number of rotatable bonds is 3.